The van der Waals surface area contributed by atoms with Crippen LogP contribution in [0.3, 0.4) is 0 Å². The molecule has 0 bridgehead atoms. The maximum absolute atomic E-state index is 13.2. The Morgan fingerprint density at radius 1 is 0.565 bits per heavy atom. The minimum atomic E-state index is -4.18. The highest BCUT2D eigenvalue weighted by molar-refractivity contribution is 7.87. The van der Waals surface area contributed by atoms with Gasteiger partial charge in [0.1, 0.15) is 0 Å². The van der Waals surface area contributed by atoms with Crippen molar-refractivity contribution in [1.82, 2.24) is 0 Å². The van der Waals surface area contributed by atoms with E-state index in [0.717, 1.165) is 16.7 Å². The van der Waals surface area contributed by atoms with E-state index in [-0.39, 0.29) is 28.4 Å². The Kier molecular flexibility index (Phi) is 10.2. The molecule has 0 aliphatic heterocycles. The SMILES string of the molecule is C#Cc1ccc(C#Cc2ccc(C#Cc3cc(S(=O)(=O)OCC(C)(C)C)cc4cc(S(=O)(=O)OCC(C)(C)C)ccc34)cc2)cc1. The second-order valence-electron chi connectivity index (χ2n) is 13.2. The van der Waals surface area contributed by atoms with Gasteiger partial charge in [0.15, 0.2) is 0 Å². The first-order valence-corrected chi connectivity index (χ1v) is 17.3. The summed E-state index contributed by atoms with van der Waals surface area (Å²) in [7, 11) is -8.28. The summed E-state index contributed by atoms with van der Waals surface area (Å²) < 4.78 is 63.1. The maximum Gasteiger partial charge on any atom is 0.297 e. The molecule has 0 aliphatic carbocycles. The molecule has 0 amide bonds. The van der Waals surface area contributed by atoms with Crippen LogP contribution in [0.4, 0.5) is 0 Å². The highest BCUT2D eigenvalue weighted by Crippen LogP contribution is 2.29. The zero-order chi connectivity index (χ0) is 33.8. The van der Waals surface area contributed by atoms with E-state index in [9.17, 15) is 16.8 Å². The molecule has 0 aromatic heterocycles. The van der Waals surface area contributed by atoms with Crippen molar-refractivity contribution in [3.63, 3.8) is 0 Å². The van der Waals surface area contributed by atoms with Crippen molar-refractivity contribution in [3.05, 3.63) is 107 Å². The van der Waals surface area contributed by atoms with Crippen molar-refractivity contribution in [1.29, 1.82) is 0 Å². The molecule has 0 unspecified atom stereocenters. The van der Waals surface area contributed by atoms with Gasteiger partial charge in [0.25, 0.3) is 20.2 Å². The lowest BCUT2D eigenvalue weighted by Crippen LogP contribution is -2.19. The van der Waals surface area contributed by atoms with E-state index in [2.05, 4.69) is 29.6 Å². The molecule has 0 aliphatic rings. The van der Waals surface area contributed by atoms with Crippen LogP contribution in [0.1, 0.15) is 69.4 Å². The van der Waals surface area contributed by atoms with E-state index in [0.29, 0.717) is 21.9 Å². The third kappa shape index (κ3) is 9.57. The fourth-order valence-electron chi connectivity index (χ4n) is 3.94. The van der Waals surface area contributed by atoms with Gasteiger partial charge in [0.05, 0.1) is 23.0 Å². The second-order valence-corrected chi connectivity index (χ2v) is 16.4. The molecule has 0 atom stereocenters. The number of hydrogen-bond acceptors (Lipinski definition) is 6. The molecule has 236 valence electrons. The van der Waals surface area contributed by atoms with Crippen molar-refractivity contribution in [3.8, 4) is 36.0 Å². The lowest BCUT2D eigenvalue weighted by atomic mass is 9.99. The summed E-state index contributed by atoms with van der Waals surface area (Å²) in [6.07, 6.45) is 5.41. The van der Waals surface area contributed by atoms with Crippen LogP contribution in [0, 0.1) is 46.9 Å². The van der Waals surface area contributed by atoms with Crippen molar-refractivity contribution in [2.24, 2.45) is 10.8 Å². The van der Waals surface area contributed by atoms with Gasteiger partial charge in [-0.2, -0.15) is 16.8 Å². The van der Waals surface area contributed by atoms with Crippen LogP contribution in [0.15, 0.2) is 88.7 Å². The van der Waals surface area contributed by atoms with E-state index in [4.69, 9.17) is 14.8 Å². The molecule has 46 heavy (non-hydrogen) atoms. The van der Waals surface area contributed by atoms with Gasteiger partial charge >= 0.3 is 0 Å². The Labute approximate surface area is 273 Å². The molecule has 8 heteroatoms. The summed E-state index contributed by atoms with van der Waals surface area (Å²) in [5.74, 6) is 15.0. The van der Waals surface area contributed by atoms with Gasteiger partial charge in [-0.15, -0.1) is 6.42 Å². The molecule has 4 aromatic carbocycles. The minimum absolute atomic E-state index is 0.0108. The summed E-state index contributed by atoms with van der Waals surface area (Å²) in [6.45, 7) is 11.1. The lowest BCUT2D eigenvalue weighted by molar-refractivity contribution is 0.203. The highest BCUT2D eigenvalue weighted by Gasteiger charge is 2.24. The second kappa shape index (κ2) is 13.6. The lowest BCUT2D eigenvalue weighted by Gasteiger charge is -2.18. The van der Waals surface area contributed by atoms with Gasteiger partial charge in [0.2, 0.25) is 0 Å². The zero-order valence-corrected chi connectivity index (χ0v) is 28.4. The van der Waals surface area contributed by atoms with Gasteiger partial charge in [-0.05, 0) is 94.4 Å². The topological polar surface area (TPSA) is 86.7 Å². The van der Waals surface area contributed by atoms with Crippen LogP contribution in [-0.2, 0) is 28.6 Å². The van der Waals surface area contributed by atoms with E-state index < -0.39 is 25.7 Å². The van der Waals surface area contributed by atoms with Gasteiger partial charge in [-0.1, -0.05) is 77.2 Å². The molecule has 0 saturated heterocycles. The Hall–Kier alpha value is -4.36. The van der Waals surface area contributed by atoms with Crippen LogP contribution in [-0.4, -0.2) is 30.0 Å². The fourth-order valence-corrected chi connectivity index (χ4v) is 6.27. The maximum atomic E-state index is 13.2. The number of rotatable bonds is 6. The fraction of sp³-hybridized carbons (Fsp3) is 0.263. The average molecular weight is 653 g/mol. The molecule has 0 fully saturated rings. The Morgan fingerprint density at radius 3 is 1.43 bits per heavy atom. The largest absolute Gasteiger partial charge is 0.297 e. The Bertz CT molecular complexity index is 2130. The van der Waals surface area contributed by atoms with Gasteiger partial charge in [-0.25, -0.2) is 0 Å². The van der Waals surface area contributed by atoms with Crippen LogP contribution >= 0.6 is 0 Å². The summed E-state index contributed by atoms with van der Waals surface area (Å²) in [5.41, 5.74) is 2.73. The van der Waals surface area contributed by atoms with Crippen molar-refractivity contribution < 1.29 is 25.2 Å². The highest BCUT2D eigenvalue weighted by atomic mass is 32.2. The molecule has 0 N–H and O–H groups in total. The van der Waals surface area contributed by atoms with Gasteiger partial charge in [0, 0.05) is 27.8 Å². The van der Waals surface area contributed by atoms with Crippen LogP contribution < -0.4 is 0 Å². The first kappa shape index (κ1) is 34.5. The molecule has 6 nitrogen and oxygen atoms in total. The first-order chi connectivity index (χ1) is 21.4. The Morgan fingerprint density at radius 2 is 0.978 bits per heavy atom. The monoisotopic (exact) mass is 652 g/mol. The molecular weight excluding hydrogens is 617 g/mol. The van der Waals surface area contributed by atoms with E-state index in [1.165, 1.54) is 24.3 Å². The number of hydrogen-bond donors (Lipinski definition) is 0. The summed E-state index contributed by atoms with van der Waals surface area (Å²) in [6, 6.07) is 22.0. The van der Waals surface area contributed by atoms with Crippen molar-refractivity contribution >= 4 is 31.0 Å². The molecule has 0 radical (unpaired) electrons. The zero-order valence-electron chi connectivity index (χ0n) is 26.8. The number of benzene rings is 4. The summed E-state index contributed by atoms with van der Waals surface area (Å²) in [4.78, 5) is -0.211. The smallest absolute Gasteiger partial charge is 0.266 e. The average Bonchev–Trinajstić information content (AvgIpc) is 3.00. The third-order valence-electron chi connectivity index (χ3n) is 6.40. The van der Waals surface area contributed by atoms with Gasteiger partial charge in [-0.3, -0.25) is 8.37 Å². The molecule has 4 rings (SSSR count). The predicted octanol–water partition coefficient (Wildman–Crippen LogP) is 7.12. The number of fused-ring (bicyclic) bond motifs is 1. The summed E-state index contributed by atoms with van der Waals surface area (Å²) in [5, 5.41) is 0.946. The number of terminal acetylenes is 1. The molecule has 0 spiro atoms. The minimum Gasteiger partial charge on any atom is -0.266 e. The van der Waals surface area contributed by atoms with Crippen LogP contribution in [0.25, 0.3) is 10.8 Å². The standard InChI is InChI=1S/C38H36O6S2/c1-8-28-9-11-29(12-10-28)13-14-30-15-17-31(18-16-30)19-20-32-23-35(46(41,42)44-27-38(5,6)7)25-33-24-34(21-22-36(32)33)45(39,40)43-26-37(2,3)4/h1,9-12,15-18,21-25H,26-27H2,2-7H3. The van der Waals surface area contributed by atoms with E-state index in [1.807, 2.05) is 90.1 Å². The first-order valence-electron chi connectivity index (χ1n) is 14.5. The third-order valence-corrected chi connectivity index (χ3v) is 8.90. The Balaban J connectivity index is 1.72. The summed E-state index contributed by atoms with van der Waals surface area (Å²) >= 11 is 0. The molecule has 0 saturated carbocycles. The van der Waals surface area contributed by atoms with Crippen molar-refractivity contribution in [2.75, 3.05) is 13.2 Å². The van der Waals surface area contributed by atoms with E-state index >= 15 is 0 Å². The predicted molar refractivity (Wildman–Crippen MR) is 182 cm³/mol. The molecular formula is C38H36O6S2. The molecule has 4 aromatic rings. The van der Waals surface area contributed by atoms with Crippen molar-refractivity contribution in [2.45, 2.75) is 51.3 Å². The van der Waals surface area contributed by atoms with Crippen LogP contribution in [0.5, 0.6) is 0 Å². The van der Waals surface area contributed by atoms with E-state index in [1.54, 1.807) is 6.07 Å². The van der Waals surface area contributed by atoms with Crippen LogP contribution in [0.2, 0.25) is 0 Å². The molecule has 0 heterocycles. The normalized spacial score (nSPS) is 12.0. The quantitative estimate of drug-likeness (QED) is 0.163. The van der Waals surface area contributed by atoms with Gasteiger partial charge < -0.3 is 0 Å².